The first-order valence-electron chi connectivity index (χ1n) is 5.92. The number of aromatic hydroxyl groups is 1. The van der Waals surface area contributed by atoms with E-state index in [2.05, 4.69) is 30.9 Å². The maximum Gasteiger partial charge on any atom is 0.269 e. The van der Waals surface area contributed by atoms with Crippen LogP contribution in [0, 0.1) is 6.92 Å². The number of halogens is 1. The Morgan fingerprint density at radius 1 is 1.25 bits per heavy atom. The van der Waals surface area contributed by atoms with Gasteiger partial charge in [-0.05, 0) is 40.5 Å². The third-order valence-electron chi connectivity index (χ3n) is 3.01. The van der Waals surface area contributed by atoms with Crippen LogP contribution < -0.4 is 5.56 Å². The van der Waals surface area contributed by atoms with Gasteiger partial charge in [-0.2, -0.15) is 4.98 Å². The second-order valence-electron chi connectivity index (χ2n) is 4.39. The quantitative estimate of drug-likeness (QED) is 0.718. The molecule has 3 aromatic rings. The highest BCUT2D eigenvalue weighted by Gasteiger charge is 2.11. The number of aryl methyl sites for hydroxylation is 1. The van der Waals surface area contributed by atoms with Gasteiger partial charge in [0.1, 0.15) is 10.2 Å². The lowest BCUT2D eigenvalue weighted by atomic mass is 10.1. The second kappa shape index (κ2) is 4.72. The summed E-state index contributed by atoms with van der Waals surface area (Å²) in [4.78, 5) is 22.6. The number of benzene rings is 1. The van der Waals surface area contributed by atoms with Crippen LogP contribution in [-0.4, -0.2) is 20.1 Å². The topological polar surface area (TPSA) is 78.9 Å². The average molecular weight is 332 g/mol. The lowest BCUT2D eigenvalue weighted by Crippen LogP contribution is -2.10. The van der Waals surface area contributed by atoms with Gasteiger partial charge < -0.3 is 10.1 Å². The van der Waals surface area contributed by atoms with Crippen molar-refractivity contribution in [3.63, 3.8) is 0 Å². The molecule has 0 atom stereocenters. The number of H-pyrrole nitrogens is 1. The molecule has 0 fully saturated rings. The summed E-state index contributed by atoms with van der Waals surface area (Å²) in [6, 6.07) is 9.54. The Bertz CT molecular complexity index is 874. The Morgan fingerprint density at radius 2 is 2.00 bits per heavy atom. The molecule has 0 aliphatic rings. The summed E-state index contributed by atoms with van der Waals surface area (Å²) in [5, 5.41) is 10.7. The molecule has 2 heterocycles. The maximum atomic E-state index is 11.7. The molecule has 20 heavy (non-hydrogen) atoms. The van der Waals surface area contributed by atoms with Crippen molar-refractivity contribution in [1.29, 1.82) is 0 Å². The second-order valence-corrected chi connectivity index (χ2v) is 5.19. The zero-order valence-corrected chi connectivity index (χ0v) is 12.1. The molecule has 3 rings (SSSR count). The van der Waals surface area contributed by atoms with Crippen molar-refractivity contribution >= 4 is 26.8 Å². The van der Waals surface area contributed by atoms with E-state index in [9.17, 15) is 9.90 Å². The molecule has 0 aliphatic heterocycles. The Hall–Kier alpha value is -2.21. The van der Waals surface area contributed by atoms with Crippen molar-refractivity contribution < 1.29 is 5.11 Å². The first-order chi connectivity index (χ1) is 9.56. The van der Waals surface area contributed by atoms with Crippen LogP contribution in [0.25, 0.3) is 22.4 Å². The van der Waals surface area contributed by atoms with Crippen LogP contribution in [0.1, 0.15) is 5.56 Å². The molecule has 0 bridgehead atoms. The lowest BCUT2D eigenvalue weighted by Gasteiger charge is -2.06. The van der Waals surface area contributed by atoms with Gasteiger partial charge in [0, 0.05) is 5.39 Å². The van der Waals surface area contributed by atoms with E-state index >= 15 is 0 Å². The number of hydrogen-bond donors (Lipinski definition) is 2. The molecule has 0 amide bonds. The van der Waals surface area contributed by atoms with Crippen molar-refractivity contribution in [3.8, 4) is 17.4 Å². The Kier molecular flexibility index (Phi) is 3.02. The Morgan fingerprint density at radius 3 is 2.75 bits per heavy atom. The van der Waals surface area contributed by atoms with Crippen molar-refractivity contribution in [2.24, 2.45) is 0 Å². The minimum Gasteiger partial charge on any atom is -0.492 e. The number of fused-ring (bicyclic) bond motifs is 1. The largest absolute Gasteiger partial charge is 0.492 e. The third-order valence-corrected chi connectivity index (χ3v) is 3.73. The zero-order valence-electron chi connectivity index (χ0n) is 10.5. The third kappa shape index (κ3) is 2.08. The van der Waals surface area contributed by atoms with Crippen molar-refractivity contribution in [1.82, 2.24) is 15.0 Å². The molecule has 0 unspecified atom stereocenters. The molecule has 5 nitrogen and oxygen atoms in total. The fraction of sp³-hybridized carbons (Fsp3) is 0.0714. The summed E-state index contributed by atoms with van der Waals surface area (Å²) in [6.07, 6.45) is 0. The summed E-state index contributed by atoms with van der Waals surface area (Å²) in [7, 11) is 0. The summed E-state index contributed by atoms with van der Waals surface area (Å²) in [6.45, 7) is 1.96. The van der Waals surface area contributed by atoms with E-state index in [4.69, 9.17) is 0 Å². The van der Waals surface area contributed by atoms with Gasteiger partial charge in [-0.3, -0.25) is 4.79 Å². The number of hydrogen-bond acceptors (Lipinski definition) is 4. The van der Waals surface area contributed by atoms with Crippen LogP contribution in [-0.2, 0) is 0 Å². The first-order valence-corrected chi connectivity index (χ1v) is 6.71. The predicted octanol–water partition coefficient (Wildman–Crippen LogP) is 2.76. The van der Waals surface area contributed by atoms with E-state index in [1.807, 2.05) is 37.3 Å². The molecule has 0 spiro atoms. The summed E-state index contributed by atoms with van der Waals surface area (Å²) >= 11 is 2.96. The van der Waals surface area contributed by atoms with Crippen molar-refractivity contribution in [2.45, 2.75) is 6.92 Å². The molecule has 2 aromatic heterocycles. The highest BCUT2D eigenvalue weighted by molar-refractivity contribution is 9.10. The SMILES string of the molecule is Cc1cc(-c2nc(O)c(Br)c(=O)[nH]2)nc2ccccc12. The molecule has 6 heteroatoms. The standard InChI is InChI=1S/C14H10BrN3O2/c1-7-6-10(16-9-5-3-2-4-8(7)9)12-17-13(19)11(15)14(20)18-12/h2-6H,1H3,(H2,17,18,19,20). The summed E-state index contributed by atoms with van der Waals surface area (Å²) in [5.74, 6) is -0.110. The minimum atomic E-state index is -0.444. The monoisotopic (exact) mass is 331 g/mol. The highest BCUT2D eigenvalue weighted by Crippen LogP contribution is 2.24. The minimum absolute atomic E-state index is 0.0127. The Labute approximate surface area is 122 Å². The van der Waals surface area contributed by atoms with E-state index < -0.39 is 5.56 Å². The van der Waals surface area contributed by atoms with Gasteiger partial charge in [0.05, 0.1) is 5.52 Å². The van der Waals surface area contributed by atoms with Crippen LogP contribution in [0.3, 0.4) is 0 Å². The molecule has 0 saturated carbocycles. The van der Waals surface area contributed by atoms with Gasteiger partial charge in [-0.15, -0.1) is 0 Å². The fourth-order valence-corrected chi connectivity index (χ4v) is 2.23. The van der Waals surface area contributed by atoms with Crippen LogP contribution >= 0.6 is 15.9 Å². The van der Waals surface area contributed by atoms with Gasteiger partial charge in [-0.1, -0.05) is 18.2 Å². The molecule has 100 valence electrons. The van der Waals surface area contributed by atoms with Crippen molar-refractivity contribution in [3.05, 3.63) is 50.7 Å². The van der Waals surface area contributed by atoms with Gasteiger partial charge in [-0.25, -0.2) is 4.98 Å². The maximum absolute atomic E-state index is 11.7. The van der Waals surface area contributed by atoms with Gasteiger partial charge in [0.25, 0.3) is 5.56 Å². The smallest absolute Gasteiger partial charge is 0.269 e. The number of pyridine rings is 1. The van der Waals surface area contributed by atoms with E-state index in [-0.39, 0.29) is 16.2 Å². The van der Waals surface area contributed by atoms with Crippen LogP contribution in [0.2, 0.25) is 0 Å². The number of nitrogens with zero attached hydrogens (tertiary/aromatic N) is 2. The molecule has 0 saturated heterocycles. The van der Waals surface area contributed by atoms with Gasteiger partial charge in [0.2, 0.25) is 5.88 Å². The number of nitrogens with one attached hydrogen (secondary N) is 1. The molecule has 1 aromatic carbocycles. The zero-order chi connectivity index (χ0) is 14.3. The first kappa shape index (κ1) is 12.8. The molecular weight excluding hydrogens is 322 g/mol. The summed E-state index contributed by atoms with van der Waals surface area (Å²) in [5.41, 5.74) is 1.91. The van der Waals surface area contributed by atoms with Crippen LogP contribution in [0.4, 0.5) is 0 Å². The molecule has 2 N–H and O–H groups in total. The highest BCUT2D eigenvalue weighted by atomic mass is 79.9. The number of para-hydroxylation sites is 1. The average Bonchev–Trinajstić information content (AvgIpc) is 2.44. The predicted molar refractivity (Wildman–Crippen MR) is 79.7 cm³/mol. The van der Waals surface area contributed by atoms with Crippen LogP contribution in [0.15, 0.2) is 39.6 Å². The Balaban J connectivity index is 2.27. The van der Waals surface area contributed by atoms with E-state index in [1.165, 1.54) is 0 Å². The van der Waals surface area contributed by atoms with E-state index in [0.29, 0.717) is 5.69 Å². The molecule has 0 aliphatic carbocycles. The summed E-state index contributed by atoms with van der Waals surface area (Å²) < 4.78 is 0.0127. The lowest BCUT2D eigenvalue weighted by molar-refractivity contribution is 0.448. The van der Waals surface area contributed by atoms with Gasteiger partial charge >= 0.3 is 0 Å². The van der Waals surface area contributed by atoms with Crippen molar-refractivity contribution in [2.75, 3.05) is 0 Å². The fourth-order valence-electron chi connectivity index (χ4n) is 2.04. The molecule has 0 radical (unpaired) electrons. The number of aromatic nitrogens is 3. The molecular formula is C14H10BrN3O2. The number of rotatable bonds is 1. The van der Waals surface area contributed by atoms with Crippen LogP contribution in [0.5, 0.6) is 5.88 Å². The van der Waals surface area contributed by atoms with E-state index in [0.717, 1.165) is 16.5 Å². The van der Waals surface area contributed by atoms with E-state index in [1.54, 1.807) is 0 Å². The van der Waals surface area contributed by atoms with Gasteiger partial charge in [0.15, 0.2) is 5.82 Å². The normalized spacial score (nSPS) is 10.9. The number of aromatic amines is 1.